The van der Waals surface area contributed by atoms with Gasteiger partial charge in [0.2, 0.25) is 0 Å². The Hall–Kier alpha value is -1.97. The normalized spacial score (nSPS) is 21.1. The van der Waals surface area contributed by atoms with Crippen LogP contribution < -0.4 is 5.32 Å². The van der Waals surface area contributed by atoms with E-state index in [0.29, 0.717) is 0 Å². The van der Waals surface area contributed by atoms with E-state index in [1.165, 1.54) is 4.90 Å². The second kappa shape index (κ2) is 6.88. The lowest BCUT2D eigenvalue weighted by atomic mass is 9.72. The highest BCUT2D eigenvalue weighted by Crippen LogP contribution is 2.46. The Morgan fingerprint density at radius 3 is 1.96 bits per heavy atom. The van der Waals surface area contributed by atoms with Gasteiger partial charge in [0.05, 0.1) is 5.41 Å². The van der Waals surface area contributed by atoms with Crippen LogP contribution in [-0.4, -0.2) is 70.8 Å². The molecule has 0 bridgehead atoms. The van der Waals surface area contributed by atoms with Gasteiger partial charge in [0.1, 0.15) is 5.60 Å². The fraction of sp³-hybridized carbons (Fsp3) is 0.786. The standard InChI is InChI=1S/C12H20F2N2O2.C2H2O4/c1-10(2,3)18-9(17)16-5-4-12(13,14)11(8-16)6-15-7-11;3-1(4)2(5)6/h15H,4-8H2,1-3H3;(H,3,4)(H,5,6). The van der Waals surface area contributed by atoms with Gasteiger partial charge in [0, 0.05) is 32.6 Å². The van der Waals surface area contributed by atoms with E-state index in [4.69, 9.17) is 24.5 Å². The van der Waals surface area contributed by atoms with Crippen molar-refractivity contribution in [1.82, 2.24) is 10.2 Å². The molecule has 0 unspecified atom stereocenters. The minimum absolute atomic E-state index is 0.0592. The maximum Gasteiger partial charge on any atom is 0.414 e. The third kappa shape index (κ3) is 4.76. The second-order valence-electron chi connectivity index (χ2n) is 6.85. The van der Waals surface area contributed by atoms with Gasteiger partial charge < -0.3 is 25.2 Å². The van der Waals surface area contributed by atoms with Gasteiger partial charge in [0.25, 0.3) is 5.92 Å². The SMILES string of the molecule is CC(C)(C)OC(=O)N1CCC(F)(F)C2(CNC2)C1.O=C(O)C(=O)O. The number of ether oxygens (including phenoxy) is 1. The van der Waals surface area contributed by atoms with E-state index in [1.807, 2.05) is 0 Å². The van der Waals surface area contributed by atoms with Crippen LogP contribution in [0.4, 0.5) is 13.6 Å². The molecule has 0 aromatic heterocycles. The van der Waals surface area contributed by atoms with E-state index in [2.05, 4.69) is 5.32 Å². The maximum atomic E-state index is 13.9. The van der Waals surface area contributed by atoms with Crippen LogP contribution in [0.5, 0.6) is 0 Å². The van der Waals surface area contributed by atoms with Crippen LogP contribution in [0, 0.1) is 5.41 Å². The minimum atomic E-state index is -2.70. The van der Waals surface area contributed by atoms with Crippen molar-refractivity contribution in [2.24, 2.45) is 5.41 Å². The summed E-state index contributed by atoms with van der Waals surface area (Å²) in [6.07, 6.45) is -0.780. The molecule has 138 valence electrons. The van der Waals surface area contributed by atoms with Crippen molar-refractivity contribution >= 4 is 18.0 Å². The fourth-order valence-electron chi connectivity index (χ4n) is 2.38. The van der Waals surface area contributed by atoms with Crippen LogP contribution in [0.3, 0.4) is 0 Å². The van der Waals surface area contributed by atoms with Crippen LogP contribution in [0.25, 0.3) is 0 Å². The molecule has 2 fully saturated rings. The lowest BCUT2D eigenvalue weighted by molar-refractivity contribution is -0.184. The molecule has 2 rings (SSSR count). The topological polar surface area (TPSA) is 116 Å². The predicted molar refractivity (Wildman–Crippen MR) is 77.9 cm³/mol. The zero-order valence-electron chi connectivity index (χ0n) is 13.8. The number of likely N-dealkylation sites (tertiary alicyclic amines) is 1. The lowest BCUT2D eigenvalue weighted by Gasteiger charge is -2.53. The van der Waals surface area contributed by atoms with Gasteiger partial charge in [-0.1, -0.05) is 0 Å². The molecule has 8 nitrogen and oxygen atoms in total. The number of amides is 1. The molecule has 3 N–H and O–H groups in total. The third-order valence-electron chi connectivity index (χ3n) is 3.73. The number of halogens is 2. The van der Waals surface area contributed by atoms with Gasteiger partial charge in [-0.05, 0) is 20.8 Å². The Kier molecular flexibility index (Phi) is 5.75. The molecule has 0 aromatic rings. The van der Waals surface area contributed by atoms with Crippen molar-refractivity contribution in [3.05, 3.63) is 0 Å². The Morgan fingerprint density at radius 2 is 1.62 bits per heavy atom. The molecule has 0 atom stereocenters. The quantitative estimate of drug-likeness (QED) is 0.557. The number of nitrogens with one attached hydrogen (secondary N) is 1. The summed E-state index contributed by atoms with van der Waals surface area (Å²) in [7, 11) is 0. The number of hydrogen-bond donors (Lipinski definition) is 3. The van der Waals surface area contributed by atoms with Crippen molar-refractivity contribution in [3.63, 3.8) is 0 Å². The summed E-state index contributed by atoms with van der Waals surface area (Å²) in [5.41, 5.74) is -1.69. The van der Waals surface area contributed by atoms with Crippen molar-refractivity contribution in [3.8, 4) is 0 Å². The number of alkyl halides is 2. The van der Waals surface area contributed by atoms with Gasteiger partial charge in [-0.25, -0.2) is 23.2 Å². The smallest absolute Gasteiger partial charge is 0.414 e. The number of hydrogen-bond acceptors (Lipinski definition) is 5. The number of carboxylic acids is 2. The summed E-state index contributed by atoms with van der Waals surface area (Å²) in [6, 6.07) is 0. The molecule has 1 amide bonds. The molecular formula is C14H22F2N2O6. The molecule has 0 saturated carbocycles. The summed E-state index contributed by atoms with van der Waals surface area (Å²) in [5, 5.41) is 17.7. The number of nitrogens with zero attached hydrogens (tertiary/aromatic N) is 1. The van der Waals surface area contributed by atoms with Crippen molar-refractivity contribution < 1.29 is 38.1 Å². The van der Waals surface area contributed by atoms with Crippen LogP contribution in [0.15, 0.2) is 0 Å². The first kappa shape index (κ1) is 20.1. The Morgan fingerprint density at radius 1 is 1.12 bits per heavy atom. The van der Waals surface area contributed by atoms with Crippen molar-refractivity contribution in [2.75, 3.05) is 26.2 Å². The molecule has 1 spiro atoms. The molecule has 0 radical (unpaired) electrons. The zero-order chi connectivity index (χ0) is 18.8. The second-order valence-corrected chi connectivity index (χ2v) is 6.85. The average Bonchev–Trinajstić information content (AvgIpc) is 2.34. The van der Waals surface area contributed by atoms with Gasteiger partial charge in [-0.15, -0.1) is 0 Å². The van der Waals surface area contributed by atoms with E-state index < -0.39 is 35.0 Å². The molecule has 24 heavy (non-hydrogen) atoms. The minimum Gasteiger partial charge on any atom is -0.473 e. The third-order valence-corrected chi connectivity index (χ3v) is 3.73. The first-order valence-corrected chi connectivity index (χ1v) is 7.32. The molecule has 2 aliphatic heterocycles. The van der Waals surface area contributed by atoms with Crippen LogP contribution in [0.2, 0.25) is 0 Å². The predicted octanol–water partition coefficient (Wildman–Crippen LogP) is 1.01. The largest absolute Gasteiger partial charge is 0.473 e. The molecule has 10 heteroatoms. The first-order chi connectivity index (χ1) is 10.8. The number of carbonyl (C=O) groups is 3. The lowest BCUT2D eigenvalue weighted by Crippen LogP contribution is -2.70. The van der Waals surface area contributed by atoms with Gasteiger partial charge >= 0.3 is 18.0 Å². The monoisotopic (exact) mass is 352 g/mol. The van der Waals surface area contributed by atoms with E-state index in [9.17, 15) is 13.6 Å². The zero-order valence-corrected chi connectivity index (χ0v) is 13.8. The molecular weight excluding hydrogens is 330 g/mol. The molecule has 2 heterocycles. The Bertz CT molecular complexity index is 502. The van der Waals surface area contributed by atoms with E-state index >= 15 is 0 Å². The summed E-state index contributed by atoms with van der Waals surface area (Å²) < 4.78 is 33.0. The summed E-state index contributed by atoms with van der Waals surface area (Å²) in [5.74, 6) is -6.35. The molecule has 0 aliphatic carbocycles. The Balaban J connectivity index is 0.000000413. The van der Waals surface area contributed by atoms with E-state index in [-0.39, 0.29) is 32.6 Å². The number of carbonyl (C=O) groups excluding carboxylic acids is 1. The van der Waals surface area contributed by atoms with Gasteiger partial charge in [-0.3, -0.25) is 0 Å². The number of carboxylic acid groups (broad SMARTS) is 2. The van der Waals surface area contributed by atoms with E-state index in [1.54, 1.807) is 20.8 Å². The van der Waals surface area contributed by atoms with Crippen molar-refractivity contribution in [1.29, 1.82) is 0 Å². The van der Waals surface area contributed by atoms with Crippen LogP contribution in [-0.2, 0) is 14.3 Å². The van der Waals surface area contributed by atoms with Crippen molar-refractivity contribution in [2.45, 2.75) is 38.7 Å². The highest BCUT2D eigenvalue weighted by Gasteiger charge is 2.60. The average molecular weight is 352 g/mol. The maximum absolute atomic E-state index is 13.9. The molecule has 2 aliphatic rings. The fourth-order valence-corrected chi connectivity index (χ4v) is 2.38. The van der Waals surface area contributed by atoms with E-state index in [0.717, 1.165) is 0 Å². The summed E-state index contributed by atoms with van der Waals surface area (Å²) in [6.45, 7) is 5.96. The van der Waals surface area contributed by atoms with Gasteiger partial charge in [0.15, 0.2) is 0 Å². The highest BCUT2D eigenvalue weighted by molar-refractivity contribution is 6.27. The number of rotatable bonds is 0. The summed E-state index contributed by atoms with van der Waals surface area (Å²) in [4.78, 5) is 31.5. The first-order valence-electron chi connectivity index (χ1n) is 7.32. The number of piperidine rings is 1. The summed E-state index contributed by atoms with van der Waals surface area (Å²) >= 11 is 0. The Labute approximate surface area is 137 Å². The highest BCUT2D eigenvalue weighted by atomic mass is 19.3. The molecule has 2 saturated heterocycles. The number of aliphatic carboxylic acids is 2. The molecule has 0 aromatic carbocycles. The van der Waals surface area contributed by atoms with Gasteiger partial charge in [-0.2, -0.15) is 0 Å². The van der Waals surface area contributed by atoms with Crippen LogP contribution in [0.1, 0.15) is 27.2 Å². The van der Waals surface area contributed by atoms with Crippen LogP contribution >= 0.6 is 0 Å².